The van der Waals surface area contributed by atoms with Gasteiger partial charge in [0.25, 0.3) is 5.66 Å². The van der Waals surface area contributed by atoms with Gasteiger partial charge in [0.1, 0.15) is 5.84 Å². The molecule has 0 amide bonds. The molecular formula is C9H12N4O4. The number of nitrogens with one attached hydrogen (secondary N) is 1. The fourth-order valence-electron chi connectivity index (χ4n) is 1.87. The Bertz CT molecular complexity index is 620. The molecule has 1 aliphatic rings. The van der Waals surface area contributed by atoms with Gasteiger partial charge in [-0.05, 0) is 20.8 Å². The fraction of sp³-hybridized carbons (Fsp3) is 0.556. The van der Waals surface area contributed by atoms with Gasteiger partial charge in [-0.1, -0.05) is 0 Å². The average molecular weight is 240 g/mol. The summed E-state index contributed by atoms with van der Waals surface area (Å²) in [5.74, 6) is -0.407. The van der Waals surface area contributed by atoms with Gasteiger partial charge in [0, 0.05) is 0 Å². The van der Waals surface area contributed by atoms with E-state index in [1.54, 1.807) is 6.92 Å². The highest BCUT2D eigenvalue weighted by atomic mass is 16.5. The number of fused-ring (bicyclic) bond motifs is 1. The molecule has 0 saturated carbocycles. The Hall–Kier alpha value is -2.12. The Balaban J connectivity index is 2.67. The lowest BCUT2D eigenvalue weighted by Gasteiger charge is -2.19. The van der Waals surface area contributed by atoms with Crippen molar-refractivity contribution in [3.05, 3.63) is 21.0 Å². The fourth-order valence-corrected chi connectivity index (χ4v) is 1.87. The Labute approximate surface area is 95.5 Å². The van der Waals surface area contributed by atoms with Crippen molar-refractivity contribution in [3.8, 4) is 0 Å². The van der Waals surface area contributed by atoms with E-state index in [0.717, 1.165) is 9.36 Å². The highest BCUT2D eigenvalue weighted by Gasteiger charge is 2.45. The molecule has 0 fully saturated rings. The lowest BCUT2D eigenvalue weighted by atomic mass is 10.2. The zero-order valence-corrected chi connectivity index (χ0v) is 9.68. The topological polar surface area (TPSA) is 98.4 Å². The normalized spacial score (nSPS) is 22.2. The summed E-state index contributed by atoms with van der Waals surface area (Å²) in [4.78, 5) is 41.0. The summed E-state index contributed by atoms with van der Waals surface area (Å²) >= 11 is 0. The van der Waals surface area contributed by atoms with Crippen molar-refractivity contribution in [2.75, 3.05) is 6.61 Å². The van der Waals surface area contributed by atoms with Crippen LogP contribution in [-0.4, -0.2) is 32.8 Å². The van der Waals surface area contributed by atoms with Gasteiger partial charge in [0.05, 0.1) is 6.61 Å². The van der Waals surface area contributed by atoms with Crippen LogP contribution in [0.5, 0.6) is 0 Å². The predicted molar refractivity (Wildman–Crippen MR) is 58.1 cm³/mol. The summed E-state index contributed by atoms with van der Waals surface area (Å²) in [7, 11) is 0. The number of aromatic amines is 1. The van der Waals surface area contributed by atoms with E-state index < -0.39 is 23.0 Å². The van der Waals surface area contributed by atoms with E-state index in [1.165, 1.54) is 13.8 Å². The maximum atomic E-state index is 11.8. The van der Waals surface area contributed by atoms with Crippen LogP contribution in [-0.2, 0) is 15.2 Å². The molecule has 0 radical (unpaired) electrons. The SMILES string of the molecule is CCOC(=O)C1(C)N=C(C)n2c(=O)[nH]c(=O)n21. The van der Waals surface area contributed by atoms with E-state index in [2.05, 4.69) is 9.98 Å². The van der Waals surface area contributed by atoms with Gasteiger partial charge >= 0.3 is 17.3 Å². The Kier molecular flexibility index (Phi) is 2.30. The zero-order valence-electron chi connectivity index (χ0n) is 9.68. The predicted octanol–water partition coefficient (Wildman–Crippen LogP) is -1.15. The van der Waals surface area contributed by atoms with E-state index in [9.17, 15) is 14.4 Å². The summed E-state index contributed by atoms with van der Waals surface area (Å²) in [6, 6.07) is 0. The summed E-state index contributed by atoms with van der Waals surface area (Å²) in [5, 5.41) is 0. The smallest absolute Gasteiger partial charge is 0.356 e. The van der Waals surface area contributed by atoms with Crippen LogP contribution in [0.1, 0.15) is 20.8 Å². The maximum Gasteiger partial charge on any atom is 0.356 e. The minimum atomic E-state index is -1.52. The quantitative estimate of drug-likeness (QED) is 0.660. The summed E-state index contributed by atoms with van der Waals surface area (Å²) in [6.07, 6.45) is 0. The number of aliphatic imine (C=N–C) groups is 1. The Morgan fingerprint density at radius 1 is 1.47 bits per heavy atom. The second-order valence-electron chi connectivity index (χ2n) is 3.76. The molecule has 0 spiro atoms. The van der Waals surface area contributed by atoms with Crippen LogP contribution in [0.25, 0.3) is 0 Å². The van der Waals surface area contributed by atoms with Crippen LogP contribution in [0, 0.1) is 0 Å². The molecule has 8 heteroatoms. The van der Waals surface area contributed by atoms with E-state index in [4.69, 9.17) is 4.74 Å². The molecule has 8 nitrogen and oxygen atoms in total. The van der Waals surface area contributed by atoms with Gasteiger partial charge in [-0.25, -0.2) is 19.4 Å². The molecule has 0 bridgehead atoms. The molecule has 2 heterocycles. The summed E-state index contributed by atoms with van der Waals surface area (Å²) < 4.78 is 6.85. The number of carbonyl (C=O) groups excluding carboxylic acids is 1. The van der Waals surface area contributed by atoms with Gasteiger partial charge in [0.15, 0.2) is 0 Å². The Morgan fingerprint density at radius 2 is 2.12 bits per heavy atom. The minimum absolute atomic E-state index is 0.173. The number of hydrogen-bond acceptors (Lipinski definition) is 5. The van der Waals surface area contributed by atoms with Crippen LogP contribution in [0.2, 0.25) is 0 Å². The van der Waals surface area contributed by atoms with Crippen LogP contribution >= 0.6 is 0 Å². The van der Waals surface area contributed by atoms with Crippen molar-refractivity contribution in [2.24, 2.45) is 4.99 Å². The number of esters is 1. The highest BCUT2D eigenvalue weighted by molar-refractivity contribution is 5.89. The standard InChI is InChI=1S/C9H12N4O4/c1-4-17-6(14)9(3)11-5(2)12-7(15)10-8(16)13(9)12/h4H2,1-3H3,(H,10,15,16). The minimum Gasteiger partial charge on any atom is -0.463 e. The Morgan fingerprint density at radius 3 is 2.71 bits per heavy atom. The third-order valence-corrected chi connectivity index (χ3v) is 2.56. The number of aromatic nitrogens is 3. The number of hydrogen-bond donors (Lipinski definition) is 1. The van der Waals surface area contributed by atoms with E-state index >= 15 is 0 Å². The monoisotopic (exact) mass is 240 g/mol. The van der Waals surface area contributed by atoms with Crippen LogP contribution in [0.3, 0.4) is 0 Å². The van der Waals surface area contributed by atoms with Gasteiger partial charge in [0.2, 0.25) is 0 Å². The van der Waals surface area contributed by atoms with Gasteiger partial charge in [-0.15, -0.1) is 0 Å². The van der Waals surface area contributed by atoms with Crippen molar-refractivity contribution in [2.45, 2.75) is 26.4 Å². The third-order valence-electron chi connectivity index (χ3n) is 2.56. The first kappa shape index (κ1) is 11.4. The molecule has 17 heavy (non-hydrogen) atoms. The van der Waals surface area contributed by atoms with Crippen LogP contribution in [0.15, 0.2) is 14.6 Å². The molecule has 2 rings (SSSR count). The molecule has 1 aromatic heterocycles. The largest absolute Gasteiger partial charge is 0.463 e. The van der Waals surface area contributed by atoms with Gasteiger partial charge < -0.3 is 4.74 Å². The second kappa shape index (κ2) is 3.44. The van der Waals surface area contributed by atoms with Crippen LogP contribution < -0.4 is 11.4 Å². The number of ether oxygens (including phenoxy) is 1. The van der Waals surface area contributed by atoms with Crippen molar-refractivity contribution in [3.63, 3.8) is 0 Å². The maximum absolute atomic E-state index is 11.8. The molecule has 1 atom stereocenters. The molecule has 92 valence electrons. The van der Waals surface area contributed by atoms with E-state index in [-0.39, 0.29) is 12.4 Å². The number of nitrogens with zero attached hydrogens (tertiary/aromatic N) is 3. The molecule has 0 aliphatic carbocycles. The third kappa shape index (κ3) is 1.37. The summed E-state index contributed by atoms with van der Waals surface area (Å²) in [6.45, 7) is 4.79. The first-order valence-corrected chi connectivity index (χ1v) is 5.10. The number of rotatable bonds is 2. The van der Waals surface area contributed by atoms with Crippen molar-refractivity contribution >= 4 is 11.8 Å². The first-order chi connectivity index (χ1) is 7.91. The molecule has 1 aliphatic heterocycles. The van der Waals surface area contributed by atoms with Gasteiger partial charge in [-0.3, -0.25) is 4.98 Å². The van der Waals surface area contributed by atoms with Crippen molar-refractivity contribution in [1.82, 2.24) is 14.3 Å². The van der Waals surface area contributed by atoms with Crippen LogP contribution in [0.4, 0.5) is 0 Å². The molecule has 0 saturated heterocycles. The molecule has 1 aromatic rings. The summed E-state index contributed by atoms with van der Waals surface area (Å²) in [5.41, 5.74) is -2.83. The highest BCUT2D eigenvalue weighted by Crippen LogP contribution is 2.22. The second-order valence-corrected chi connectivity index (χ2v) is 3.76. The van der Waals surface area contributed by atoms with Gasteiger partial charge in [-0.2, -0.15) is 9.36 Å². The average Bonchev–Trinajstić information content (AvgIpc) is 2.67. The molecule has 1 N–H and O–H groups in total. The van der Waals surface area contributed by atoms with Crippen molar-refractivity contribution < 1.29 is 9.53 Å². The molecule has 0 aromatic carbocycles. The van der Waals surface area contributed by atoms with E-state index in [0.29, 0.717) is 0 Å². The number of H-pyrrole nitrogens is 1. The number of carbonyl (C=O) groups is 1. The molecular weight excluding hydrogens is 228 g/mol. The van der Waals surface area contributed by atoms with Crippen molar-refractivity contribution in [1.29, 1.82) is 0 Å². The zero-order chi connectivity index (χ0) is 12.8. The van der Waals surface area contributed by atoms with E-state index in [1.807, 2.05) is 0 Å². The lowest BCUT2D eigenvalue weighted by Crippen LogP contribution is -2.44. The molecule has 1 unspecified atom stereocenters. The first-order valence-electron chi connectivity index (χ1n) is 5.10. The lowest BCUT2D eigenvalue weighted by molar-refractivity contribution is -0.153.